The van der Waals surface area contributed by atoms with E-state index in [9.17, 15) is 9.59 Å². The quantitative estimate of drug-likeness (QED) is 0.378. The van der Waals surface area contributed by atoms with Crippen LogP contribution in [0.5, 0.6) is 0 Å². The fourth-order valence-electron chi connectivity index (χ4n) is 6.06. The number of para-hydroxylation sites is 1. The molecule has 2 amide bonds. The van der Waals surface area contributed by atoms with Gasteiger partial charge in [-0.3, -0.25) is 9.59 Å². The van der Waals surface area contributed by atoms with Gasteiger partial charge < -0.3 is 14.8 Å². The van der Waals surface area contributed by atoms with Gasteiger partial charge >= 0.3 is 0 Å². The van der Waals surface area contributed by atoms with Crippen molar-refractivity contribution in [2.24, 2.45) is 0 Å². The normalized spacial score (nSPS) is 19.9. The average Bonchev–Trinajstić information content (AvgIpc) is 3.26. The molecule has 178 valence electrons. The number of nitrogens with one attached hydrogen (secondary N) is 1. The number of H-pyrrole nitrogens is 1. The third-order valence-electron chi connectivity index (χ3n) is 7.74. The monoisotopic (exact) mass is 465 g/mol. The number of aromatic nitrogens is 1. The lowest BCUT2D eigenvalue weighted by Crippen LogP contribution is -2.63. The van der Waals surface area contributed by atoms with E-state index in [1.165, 1.54) is 0 Å². The van der Waals surface area contributed by atoms with Gasteiger partial charge in [0.05, 0.1) is 12.6 Å². The Bertz CT molecular complexity index is 1420. The molecule has 3 heterocycles. The number of amides is 2. The maximum absolute atomic E-state index is 13.8. The molecule has 0 radical (unpaired) electrons. The summed E-state index contributed by atoms with van der Waals surface area (Å²) in [5, 5.41) is 3.40. The molecule has 4 aromatic rings. The van der Waals surface area contributed by atoms with Crippen molar-refractivity contribution in [3.63, 3.8) is 0 Å². The van der Waals surface area contributed by atoms with E-state index in [2.05, 4.69) is 54.4 Å². The van der Waals surface area contributed by atoms with Gasteiger partial charge in [0.2, 0.25) is 11.8 Å². The van der Waals surface area contributed by atoms with Gasteiger partial charge in [-0.25, -0.2) is 0 Å². The standard InChI is InChI=1S/C30H31N3O2/c1-2-3-4-9-17-32-19-27(34)33-26(30(32)35)18-24-22-14-7-8-16-25(22)31-28(24)29(33)23-15-10-12-20-11-5-6-13-21(20)23/h5-8,10-16,26,29,31H,2-4,9,17-19H2,1H3/t26-,29+/m0/s1. The number of carbonyl (C=O) groups excluding carboxylic acids is 2. The molecule has 5 nitrogen and oxygen atoms in total. The number of unbranched alkanes of at least 4 members (excludes halogenated alkanes) is 3. The van der Waals surface area contributed by atoms with E-state index in [1.54, 1.807) is 4.90 Å². The molecule has 0 aliphatic carbocycles. The summed E-state index contributed by atoms with van der Waals surface area (Å²) in [4.78, 5) is 34.9. The van der Waals surface area contributed by atoms with Gasteiger partial charge in [0, 0.05) is 29.6 Å². The van der Waals surface area contributed by atoms with Crippen molar-refractivity contribution in [2.45, 2.75) is 51.1 Å². The second-order valence-electron chi connectivity index (χ2n) is 9.88. The molecular formula is C30H31N3O2. The number of hydrogen-bond acceptors (Lipinski definition) is 2. The SMILES string of the molecule is CCCCCCN1CC(=O)N2[C@H](c3cccc4ccccc34)c3[nH]c4ccccc4c3C[C@H]2C1=O. The number of benzene rings is 3. The fraction of sp³-hybridized carbons (Fsp3) is 0.333. The highest BCUT2D eigenvalue weighted by atomic mass is 16.2. The Morgan fingerprint density at radius 2 is 1.66 bits per heavy atom. The molecule has 1 N–H and O–H groups in total. The zero-order chi connectivity index (χ0) is 23.9. The van der Waals surface area contributed by atoms with Crippen LogP contribution in [0.4, 0.5) is 0 Å². The molecule has 2 aliphatic heterocycles. The molecule has 1 aromatic heterocycles. The van der Waals surface area contributed by atoms with E-state index in [4.69, 9.17) is 0 Å². The first-order valence-corrected chi connectivity index (χ1v) is 12.8. The van der Waals surface area contributed by atoms with Crippen molar-refractivity contribution in [3.8, 4) is 0 Å². The molecule has 0 bridgehead atoms. The first kappa shape index (κ1) is 21.9. The van der Waals surface area contributed by atoms with Crippen molar-refractivity contribution < 1.29 is 9.59 Å². The molecule has 1 saturated heterocycles. The lowest BCUT2D eigenvalue weighted by molar-refractivity contribution is -0.158. The fourth-order valence-corrected chi connectivity index (χ4v) is 6.06. The Kier molecular flexibility index (Phi) is 5.56. The Morgan fingerprint density at radius 3 is 2.51 bits per heavy atom. The minimum atomic E-state index is -0.474. The Morgan fingerprint density at radius 1 is 0.886 bits per heavy atom. The van der Waals surface area contributed by atoms with Crippen molar-refractivity contribution in [3.05, 3.63) is 83.6 Å². The molecule has 3 aromatic carbocycles. The number of fused-ring (bicyclic) bond motifs is 5. The summed E-state index contributed by atoms with van der Waals surface area (Å²) >= 11 is 0. The third-order valence-corrected chi connectivity index (χ3v) is 7.74. The van der Waals surface area contributed by atoms with Crippen LogP contribution in [0.3, 0.4) is 0 Å². The van der Waals surface area contributed by atoms with E-state index < -0.39 is 6.04 Å². The second-order valence-corrected chi connectivity index (χ2v) is 9.88. The molecule has 0 unspecified atom stereocenters. The topological polar surface area (TPSA) is 56.4 Å². The molecule has 2 atom stereocenters. The molecule has 0 saturated carbocycles. The van der Waals surface area contributed by atoms with Crippen LogP contribution in [0.25, 0.3) is 21.7 Å². The first-order valence-electron chi connectivity index (χ1n) is 12.8. The summed E-state index contributed by atoms with van der Waals surface area (Å²) in [5.74, 6) is 0.120. The minimum Gasteiger partial charge on any atom is -0.356 e. The van der Waals surface area contributed by atoms with Gasteiger partial charge in [-0.1, -0.05) is 86.8 Å². The van der Waals surface area contributed by atoms with Gasteiger partial charge in [0.15, 0.2) is 0 Å². The highest BCUT2D eigenvalue weighted by Gasteiger charge is 2.48. The number of aromatic amines is 1. The Labute approximate surface area is 205 Å². The van der Waals surface area contributed by atoms with Gasteiger partial charge in [-0.15, -0.1) is 0 Å². The van der Waals surface area contributed by atoms with Gasteiger partial charge in [0.1, 0.15) is 6.04 Å². The van der Waals surface area contributed by atoms with Gasteiger partial charge in [-0.2, -0.15) is 0 Å². The van der Waals surface area contributed by atoms with Gasteiger partial charge in [-0.05, 0) is 34.4 Å². The molecule has 0 spiro atoms. The summed E-state index contributed by atoms with van der Waals surface area (Å²) in [6.45, 7) is 3.01. The minimum absolute atomic E-state index is 0.0346. The summed E-state index contributed by atoms with van der Waals surface area (Å²) in [6, 6.07) is 22.1. The molecule has 5 heteroatoms. The van der Waals surface area contributed by atoms with E-state index in [1.807, 2.05) is 29.2 Å². The van der Waals surface area contributed by atoms with Crippen LogP contribution in [-0.4, -0.2) is 45.7 Å². The summed E-state index contributed by atoms with van der Waals surface area (Å²) in [6.07, 6.45) is 4.90. The Balaban J connectivity index is 1.48. The van der Waals surface area contributed by atoms with E-state index in [-0.39, 0.29) is 24.4 Å². The predicted octanol–water partition coefficient (Wildman–Crippen LogP) is 5.59. The van der Waals surface area contributed by atoms with Crippen LogP contribution in [0.15, 0.2) is 66.7 Å². The maximum atomic E-state index is 13.8. The zero-order valence-corrected chi connectivity index (χ0v) is 20.2. The zero-order valence-electron chi connectivity index (χ0n) is 20.2. The maximum Gasteiger partial charge on any atom is 0.246 e. The van der Waals surface area contributed by atoms with Crippen molar-refractivity contribution in [1.29, 1.82) is 0 Å². The predicted molar refractivity (Wildman–Crippen MR) is 139 cm³/mol. The highest BCUT2D eigenvalue weighted by Crippen LogP contribution is 2.44. The molecule has 1 fully saturated rings. The number of piperazine rings is 1. The largest absolute Gasteiger partial charge is 0.356 e. The molecule has 6 rings (SSSR count). The van der Waals surface area contributed by atoms with Crippen LogP contribution < -0.4 is 0 Å². The number of nitrogens with zero attached hydrogens (tertiary/aromatic N) is 2. The van der Waals surface area contributed by atoms with E-state index in [0.29, 0.717) is 13.0 Å². The van der Waals surface area contributed by atoms with Crippen molar-refractivity contribution in [1.82, 2.24) is 14.8 Å². The number of carbonyl (C=O) groups is 2. The summed E-state index contributed by atoms with van der Waals surface area (Å²) in [5.41, 5.74) is 4.32. The lowest BCUT2D eigenvalue weighted by Gasteiger charge is -2.47. The Hall–Kier alpha value is -3.60. The summed E-state index contributed by atoms with van der Waals surface area (Å²) in [7, 11) is 0. The average molecular weight is 466 g/mol. The number of rotatable bonds is 6. The van der Waals surface area contributed by atoms with E-state index in [0.717, 1.165) is 64.2 Å². The highest BCUT2D eigenvalue weighted by molar-refractivity contribution is 5.98. The second kappa shape index (κ2) is 8.88. The van der Waals surface area contributed by atoms with E-state index >= 15 is 0 Å². The summed E-state index contributed by atoms with van der Waals surface area (Å²) < 4.78 is 0. The van der Waals surface area contributed by atoms with Crippen molar-refractivity contribution >= 4 is 33.5 Å². The van der Waals surface area contributed by atoms with Crippen LogP contribution in [-0.2, 0) is 16.0 Å². The van der Waals surface area contributed by atoms with Crippen LogP contribution in [0.2, 0.25) is 0 Å². The smallest absolute Gasteiger partial charge is 0.246 e. The molecule has 35 heavy (non-hydrogen) atoms. The first-order chi connectivity index (χ1) is 17.2. The van der Waals surface area contributed by atoms with Gasteiger partial charge in [0.25, 0.3) is 0 Å². The molecular weight excluding hydrogens is 434 g/mol. The van der Waals surface area contributed by atoms with Crippen LogP contribution in [0.1, 0.15) is 55.5 Å². The van der Waals surface area contributed by atoms with Crippen LogP contribution in [0, 0.1) is 0 Å². The van der Waals surface area contributed by atoms with Crippen molar-refractivity contribution in [2.75, 3.05) is 13.1 Å². The lowest BCUT2D eigenvalue weighted by atomic mass is 9.84. The third kappa shape index (κ3) is 3.61. The number of hydrogen-bond donors (Lipinski definition) is 1. The van der Waals surface area contributed by atoms with Crippen LogP contribution >= 0.6 is 0 Å². The molecule has 2 aliphatic rings.